The molecule has 1 aliphatic heterocycles. The van der Waals surface area contributed by atoms with Crippen molar-refractivity contribution in [1.82, 2.24) is 14.5 Å². The summed E-state index contributed by atoms with van der Waals surface area (Å²) < 4.78 is 7.54. The van der Waals surface area contributed by atoms with E-state index in [0.29, 0.717) is 44.8 Å². The number of imidazole rings is 1. The quantitative estimate of drug-likeness (QED) is 0.612. The van der Waals surface area contributed by atoms with Gasteiger partial charge in [0.15, 0.2) is 0 Å². The molecule has 2 heterocycles. The number of aryl methyl sites for hydroxylation is 1. The van der Waals surface area contributed by atoms with Crippen molar-refractivity contribution < 1.29 is 19.4 Å². The standard InChI is InChI=1S/C26H39N3O4/c1-6-22(24(30)31)19-11-13-28(14-12-19)25(32)33-16-15-29-17-23(27-18(29)2)20-7-9-21(10-8-20)26(3,4)5/h7-9,17,19,21-22H,6,10-16H2,1-5H3,(H,30,31). The summed E-state index contributed by atoms with van der Waals surface area (Å²) >= 11 is 0. The molecular weight excluding hydrogens is 418 g/mol. The van der Waals surface area contributed by atoms with Crippen molar-refractivity contribution in [1.29, 1.82) is 0 Å². The highest BCUT2D eigenvalue weighted by molar-refractivity contribution is 5.72. The Kier molecular flexibility index (Phi) is 8.03. The first-order valence-electron chi connectivity index (χ1n) is 12.2. The van der Waals surface area contributed by atoms with E-state index in [0.717, 1.165) is 23.5 Å². The molecular formula is C26H39N3O4. The molecule has 7 nitrogen and oxygen atoms in total. The van der Waals surface area contributed by atoms with Gasteiger partial charge in [-0.3, -0.25) is 4.79 Å². The first-order valence-corrected chi connectivity index (χ1v) is 12.2. The van der Waals surface area contributed by atoms with E-state index in [-0.39, 0.29) is 30.0 Å². The zero-order valence-electron chi connectivity index (χ0n) is 20.7. The Morgan fingerprint density at radius 3 is 2.52 bits per heavy atom. The molecule has 0 aromatic carbocycles. The number of piperidine rings is 1. The molecule has 0 bridgehead atoms. The monoisotopic (exact) mass is 457 g/mol. The highest BCUT2D eigenvalue weighted by Crippen LogP contribution is 2.35. The number of carbonyl (C=O) groups is 2. The first kappa shape index (κ1) is 25.1. The van der Waals surface area contributed by atoms with Crippen molar-refractivity contribution in [2.75, 3.05) is 19.7 Å². The van der Waals surface area contributed by atoms with Crippen LogP contribution in [0, 0.1) is 30.1 Å². The van der Waals surface area contributed by atoms with Gasteiger partial charge in [-0.05, 0) is 55.4 Å². The van der Waals surface area contributed by atoms with Crippen LogP contribution < -0.4 is 0 Å². The van der Waals surface area contributed by atoms with Gasteiger partial charge in [-0.25, -0.2) is 9.78 Å². The number of nitrogens with zero attached hydrogens (tertiary/aromatic N) is 3. The molecule has 1 aliphatic carbocycles. The fraction of sp³-hybridized carbons (Fsp3) is 0.654. The van der Waals surface area contributed by atoms with Crippen molar-refractivity contribution in [2.45, 2.75) is 66.8 Å². The van der Waals surface area contributed by atoms with Crippen molar-refractivity contribution in [3.05, 3.63) is 35.9 Å². The first-order chi connectivity index (χ1) is 15.6. The van der Waals surface area contributed by atoms with Crippen molar-refractivity contribution >= 4 is 17.6 Å². The molecule has 2 unspecified atom stereocenters. The number of amides is 1. The molecule has 2 atom stereocenters. The van der Waals surface area contributed by atoms with Gasteiger partial charge in [-0.1, -0.05) is 45.9 Å². The average Bonchev–Trinajstić information content (AvgIpc) is 3.14. The normalized spacial score (nSPS) is 20.5. The van der Waals surface area contributed by atoms with Crippen LogP contribution in [-0.4, -0.2) is 51.3 Å². The number of carbonyl (C=O) groups excluding carboxylic acids is 1. The number of carboxylic acids is 1. The summed E-state index contributed by atoms with van der Waals surface area (Å²) in [4.78, 5) is 30.2. The lowest BCUT2D eigenvalue weighted by Crippen LogP contribution is -2.41. The van der Waals surface area contributed by atoms with Gasteiger partial charge in [-0.15, -0.1) is 0 Å². The van der Waals surface area contributed by atoms with Gasteiger partial charge in [0.05, 0.1) is 18.2 Å². The molecule has 0 saturated carbocycles. The van der Waals surface area contributed by atoms with Crippen LogP contribution in [0.25, 0.3) is 5.57 Å². The van der Waals surface area contributed by atoms with Crippen LogP contribution in [0.15, 0.2) is 24.4 Å². The summed E-state index contributed by atoms with van der Waals surface area (Å²) in [6.45, 7) is 12.6. The Morgan fingerprint density at radius 1 is 1.27 bits per heavy atom. The van der Waals surface area contributed by atoms with E-state index in [1.165, 1.54) is 0 Å². The second-order valence-corrected chi connectivity index (χ2v) is 10.4. The van der Waals surface area contributed by atoms with E-state index in [1.807, 2.05) is 24.6 Å². The third kappa shape index (κ3) is 6.27. The van der Waals surface area contributed by atoms with Crippen LogP contribution in [-0.2, 0) is 16.1 Å². The van der Waals surface area contributed by atoms with E-state index in [1.54, 1.807) is 4.90 Å². The van der Waals surface area contributed by atoms with Crippen LogP contribution >= 0.6 is 0 Å². The Balaban J connectivity index is 1.47. The van der Waals surface area contributed by atoms with E-state index in [2.05, 4.69) is 39.0 Å². The molecule has 1 aromatic heterocycles. The third-order valence-corrected chi connectivity index (χ3v) is 7.17. The number of rotatable bonds is 7. The fourth-order valence-corrected chi connectivity index (χ4v) is 4.84. The van der Waals surface area contributed by atoms with Gasteiger partial charge in [0.25, 0.3) is 0 Å². The molecule has 1 N–H and O–H groups in total. The van der Waals surface area contributed by atoms with Crippen molar-refractivity contribution in [2.24, 2.45) is 23.2 Å². The molecule has 0 spiro atoms. The van der Waals surface area contributed by atoms with Gasteiger partial charge < -0.3 is 19.3 Å². The molecule has 0 radical (unpaired) electrons. The van der Waals surface area contributed by atoms with E-state index in [9.17, 15) is 14.7 Å². The van der Waals surface area contributed by atoms with Gasteiger partial charge in [0.2, 0.25) is 0 Å². The van der Waals surface area contributed by atoms with Gasteiger partial charge in [-0.2, -0.15) is 0 Å². The van der Waals surface area contributed by atoms with Gasteiger partial charge >= 0.3 is 12.1 Å². The minimum Gasteiger partial charge on any atom is -0.481 e. The zero-order chi connectivity index (χ0) is 24.2. The van der Waals surface area contributed by atoms with Crippen LogP contribution in [0.1, 0.15) is 64.9 Å². The molecule has 182 valence electrons. The Morgan fingerprint density at radius 2 is 1.97 bits per heavy atom. The molecule has 1 fully saturated rings. The average molecular weight is 458 g/mol. The molecule has 2 aliphatic rings. The Bertz CT molecular complexity index is 901. The predicted octanol–water partition coefficient (Wildman–Crippen LogP) is 5.16. The van der Waals surface area contributed by atoms with Crippen molar-refractivity contribution in [3.63, 3.8) is 0 Å². The van der Waals surface area contributed by atoms with Crippen LogP contribution in [0.3, 0.4) is 0 Å². The Hall–Kier alpha value is -2.57. The van der Waals surface area contributed by atoms with Crippen LogP contribution in [0.2, 0.25) is 0 Å². The lowest BCUT2D eigenvalue weighted by atomic mass is 9.76. The number of hydrogen-bond donors (Lipinski definition) is 1. The molecule has 1 aromatic rings. The number of allylic oxidation sites excluding steroid dienone is 4. The topological polar surface area (TPSA) is 84.7 Å². The minimum absolute atomic E-state index is 0.130. The second-order valence-electron chi connectivity index (χ2n) is 10.4. The SMILES string of the molecule is CCC(C(=O)O)C1CCN(C(=O)OCCn2cc(C3=CCC(C(C)(C)C)C=C3)nc2C)CC1. The number of likely N-dealkylation sites (tertiary alicyclic amines) is 1. The summed E-state index contributed by atoms with van der Waals surface area (Å²) in [5, 5.41) is 9.36. The molecule has 33 heavy (non-hydrogen) atoms. The summed E-state index contributed by atoms with van der Waals surface area (Å²) in [6, 6.07) is 0. The number of ether oxygens (including phenoxy) is 1. The number of aromatic nitrogens is 2. The largest absolute Gasteiger partial charge is 0.481 e. The third-order valence-electron chi connectivity index (χ3n) is 7.17. The second kappa shape index (κ2) is 10.6. The van der Waals surface area contributed by atoms with E-state index < -0.39 is 5.97 Å². The van der Waals surface area contributed by atoms with Gasteiger partial charge in [0, 0.05) is 19.3 Å². The number of aliphatic carboxylic acids is 1. The molecule has 1 saturated heterocycles. The summed E-state index contributed by atoms with van der Waals surface area (Å²) in [5.41, 5.74) is 2.35. The summed E-state index contributed by atoms with van der Waals surface area (Å²) in [6.07, 6.45) is 11.5. The maximum absolute atomic E-state index is 12.5. The lowest BCUT2D eigenvalue weighted by Gasteiger charge is -2.33. The zero-order valence-corrected chi connectivity index (χ0v) is 20.7. The van der Waals surface area contributed by atoms with Crippen LogP contribution in [0.4, 0.5) is 4.79 Å². The molecule has 7 heteroatoms. The van der Waals surface area contributed by atoms with E-state index >= 15 is 0 Å². The number of hydrogen-bond acceptors (Lipinski definition) is 4. The van der Waals surface area contributed by atoms with Crippen molar-refractivity contribution in [3.8, 4) is 0 Å². The lowest BCUT2D eigenvalue weighted by molar-refractivity contribution is -0.144. The fourth-order valence-electron chi connectivity index (χ4n) is 4.84. The van der Waals surface area contributed by atoms with Crippen LogP contribution in [0.5, 0.6) is 0 Å². The molecule has 1 amide bonds. The van der Waals surface area contributed by atoms with Gasteiger partial charge in [0.1, 0.15) is 12.4 Å². The smallest absolute Gasteiger partial charge is 0.409 e. The highest BCUT2D eigenvalue weighted by atomic mass is 16.6. The maximum atomic E-state index is 12.5. The van der Waals surface area contributed by atoms with E-state index in [4.69, 9.17) is 9.72 Å². The molecule has 3 rings (SSSR count). The minimum atomic E-state index is -0.734. The number of carboxylic acid groups (broad SMARTS) is 1. The summed E-state index contributed by atoms with van der Waals surface area (Å²) in [5.74, 6) is 0.502. The Labute approximate surface area is 197 Å². The predicted molar refractivity (Wildman–Crippen MR) is 129 cm³/mol. The maximum Gasteiger partial charge on any atom is 0.409 e. The highest BCUT2D eigenvalue weighted by Gasteiger charge is 2.32. The summed E-state index contributed by atoms with van der Waals surface area (Å²) in [7, 11) is 0.